The maximum Gasteiger partial charge on any atom is 0.0397 e. The molecule has 18 heavy (non-hydrogen) atoms. The summed E-state index contributed by atoms with van der Waals surface area (Å²) >= 11 is 1.81. The molecule has 0 aliphatic carbocycles. The van der Waals surface area contributed by atoms with Crippen LogP contribution in [0, 0.1) is 0 Å². The monoisotopic (exact) mass is 258 g/mol. The molecule has 3 rings (SSSR count). The van der Waals surface area contributed by atoms with Crippen LogP contribution in [0.25, 0.3) is 0 Å². The molecule has 0 unspecified atom stereocenters. The van der Waals surface area contributed by atoms with Gasteiger partial charge in [-0.05, 0) is 35.1 Å². The SMILES string of the molecule is CN1CCc2cc(CNCc3cccs3)ccc21. The molecular formula is C15H18N2S. The number of nitrogens with one attached hydrogen (secondary N) is 1. The molecule has 2 nitrogen and oxygen atoms in total. The van der Waals surface area contributed by atoms with Crippen molar-refractivity contribution < 1.29 is 0 Å². The van der Waals surface area contributed by atoms with Crippen LogP contribution >= 0.6 is 11.3 Å². The van der Waals surface area contributed by atoms with E-state index in [0.717, 1.165) is 19.6 Å². The molecule has 0 atom stereocenters. The van der Waals surface area contributed by atoms with E-state index in [1.807, 2.05) is 11.3 Å². The van der Waals surface area contributed by atoms with E-state index in [-0.39, 0.29) is 0 Å². The van der Waals surface area contributed by atoms with Gasteiger partial charge in [-0.3, -0.25) is 0 Å². The van der Waals surface area contributed by atoms with Gasteiger partial charge in [-0.25, -0.2) is 0 Å². The van der Waals surface area contributed by atoms with Crippen molar-refractivity contribution in [2.45, 2.75) is 19.5 Å². The Morgan fingerprint density at radius 2 is 2.22 bits per heavy atom. The highest BCUT2D eigenvalue weighted by Gasteiger charge is 2.15. The maximum absolute atomic E-state index is 3.50. The fraction of sp³-hybridized carbons (Fsp3) is 0.333. The third-order valence-electron chi connectivity index (χ3n) is 3.48. The van der Waals surface area contributed by atoms with Crippen molar-refractivity contribution in [3.63, 3.8) is 0 Å². The molecule has 0 spiro atoms. The standard InChI is InChI=1S/C15H18N2S/c1-17-7-6-13-9-12(4-5-15(13)17)10-16-11-14-3-2-8-18-14/h2-5,8-9,16H,6-7,10-11H2,1H3. The lowest BCUT2D eigenvalue weighted by Gasteiger charge is -2.12. The number of fused-ring (bicyclic) bond motifs is 1. The quantitative estimate of drug-likeness (QED) is 0.907. The smallest absolute Gasteiger partial charge is 0.0397 e. The summed E-state index contributed by atoms with van der Waals surface area (Å²) in [6, 6.07) is 11.1. The van der Waals surface area contributed by atoms with Crippen molar-refractivity contribution in [1.82, 2.24) is 5.32 Å². The van der Waals surface area contributed by atoms with E-state index in [9.17, 15) is 0 Å². The summed E-state index contributed by atoms with van der Waals surface area (Å²) in [6.07, 6.45) is 1.19. The largest absolute Gasteiger partial charge is 0.374 e. The van der Waals surface area contributed by atoms with Crippen LogP contribution in [0.2, 0.25) is 0 Å². The van der Waals surface area contributed by atoms with Gasteiger partial charge in [0.1, 0.15) is 0 Å². The summed E-state index contributed by atoms with van der Waals surface area (Å²) in [5.74, 6) is 0. The van der Waals surface area contributed by atoms with Crippen LogP contribution < -0.4 is 10.2 Å². The van der Waals surface area contributed by atoms with E-state index in [4.69, 9.17) is 0 Å². The van der Waals surface area contributed by atoms with Gasteiger partial charge in [-0.15, -0.1) is 11.3 Å². The number of hydrogen-bond acceptors (Lipinski definition) is 3. The van der Waals surface area contributed by atoms with Crippen LogP contribution in [0.15, 0.2) is 35.7 Å². The van der Waals surface area contributed by atoms with Gasteiger partial charge in [0.25, 0.3) is 0 Å². The van der Waals surface area contributed by atoms with Crippen molar-refractivity contribution >= 4 is 17.0 Å². The van der Waals surface area contributed by atoms with Crippen LogP contribution in [-0.2, 0) is 19.5 Å². The predicted octanol–water partition coefficient (Wildman–Crippen LogP) is 3.03. The molecule has 1 aromatic carbocycles. The molecule has 0 amide bonds. The second-order valence-electron chi connectivity index (χ2n) is 4.82. The Hall–Kier alpha value is -1.32. The topological polar surface area (TPSA) is 15.3 Å². The first-order chi connectivity index (χ1) is 8.83. The van der Waals surface area contributed by atoms with Crippen LogP contribution in [0.4, 0.5) is 5.69 Å². The molecule has 2 aromatic rings. The molecular weight excluding hydrogens is 240 g/mol. The van der Waals surface area contributed by atoms with Crippen LogP contribution in [0.3, 0.4) is 0 Å². The highest BCUT2D eigenvalue weighted by molar-refractivity contribution is 7.09. The van der Waals surface area contributed by atoms with Gasteiger partial charge in [-0.1, -0.05) is 18.2 Å². The normalized spacial score (nSPS) is 13.9. The first-order valence-corrected chi connectivity index (χ1v) is 7.27. The fourth-order valence-electron chi connectivity index (χ4n) is 2.47. The molecule has 2 heterocycles. The molecule has 1 N–H and O–H groups in total. The number of hydrogen-bond donors (Lipinski definition) is 1. The summed E-state index contributed by atoms with van der Waals surface area (Å²) in [7, 11) is 2.17. The molecule has 1 aromatic heterocycles. The van der Waals surface area contributed by atoms with Gasteiger partial charge in [0.05, 0.1) is 0 Å². The number of rotatable bonds is 4. The summed E-state index contributed by atoms with van der Waals surface area (Å²) < 4.78 is 0. The average Bonchev–Trinajstić information content (AvgIpc) is 3.00. The van der Waals surface area contributed by atoms with E-state index in [1.54, 1.807) is 0 Å². The summed E-state index contributed by atoms with van der Waals surface area (Å²) in [4.78, 5) is 3.73. The Bertz CT molecular complexity index is 519. The average molecular weight is 258 g/mol. The third kappa shape index (κ3) is 2.42. The zero-order chi connectivity index (χ0) is 12.4. The highest BCUT2D eigenvalue weighted by Crippen LogP contribution is 2.27. The van der Waals surface area contributed by atoms with Crippen molar-refractivity contribution in [3.8, 4) is 0 Å². The molecule has 3 heteroatoms. The van der Waals surface area contributed by atoms with E-state index in [2.05, 4.69) is 53.0 Å². The van der Waals surface area contributed by atoms with Crippen LogP contribution in [0.5, 0.6) is 0 Å². The number of anilines is 1. The minimum Gasteiger partial charge on any atom is -0.374 e. The molecule has 0 saturated heterocycles. The van der Waals surface area contributed by atoms with Gasteiger partial charge < -0.3 is 10.2 Å². The lowest BCUT2D eigenvalue weighted by molar-refractivity contribution is 0.700. The Balaban J connectivity index is 1.60. The number of nitrogens with zero attached hydrogens (tertiary/aromatic N) is 1. The Morgan fingerprint density at radius 3 is 3.06 bits per heavy atom. The zero-order valence-electron chi connectivity index (χ0n) is 10.6. The molecule has 1 aliphatic heterocycles. The lowest BCUT2D eigenvalue weighted by atomic mass is 10.1. The van der Waals surface area contributed by atoms with Crippen molar-refractivity contribution in [1.29, 1.82) is 0 Å². The molecule has 0 saturated carbocycles. The molecule has 0 bridgehead atoms. The first-order valence-electron chi connectivity index (χ1n) is 6.39. The van der Waals surface area contributed by atoms with E-state index in [0.29, 0.717) is 0 Å². The van der Waals surface area contributed by atoms with E-state index < -0.39 is 0 Å². The second kappa shape index (κ2) is 5.12. The highest BCUT2D eigenvalue weighted by atomic mass is 32.1. The maximum atomic E-state index is 3.50. The van der Waals surface area contributed by atoms with Crippen LogP contribution in [-0.4, -0.2) is 13.6 Å². The van der Waals surface area contributed by atoms with Gasteiger partial charge in [0.2, 0.25) is 0 Å². The first kappa shape index (κ1) is 11.8. The lowest BCUT2D eigenvalue weighted by Crippen LogP contribution is -2.13. The van der Waals surface area contributed by atoms with Gasteiger partial charge >= 0.3 is 0 Å². The summed E-state index contributed by atoms with van der Waals surface area (Å²) in [6.45, 7) is 3.07. The Morgan fingerprint density at radius 1 is 1.28 bits per heavy atom. The minimum absolute atomic E-state index is 0.953. The zero-order valence-corrected chi connectivity index (χ0v) is 11.5. The second-order valence-corrected chi connectivity index (χ2v) is 5.85. The van der Waals surface area contributed by atoms with Gasteiger partial charge in [0.15, 0.2) is 0 Å². The molecule has 94 valence electrons. The predicted molar refractivity (Wildman–Crippen MR) is 78.3 cm³/mol. The molecule has 0 radical (unpaired) electrons. The summed E-state index contributed by atoms with van der Waals surface area (Å²) in [5, 5.41) is 5.63. The number of likely N-dealkylation sites (N-methyl/N-ethyl adjacent to an activating group) is 1. The third-order valence-corrected chi connectivity index (χ3v) is 4.36. The minimum atomic E-state index is 0.953. The van der Waals surface area contributed by atoms with Crippen molar-refractivity contribution in [2.75, 3.05) is 18.5 Å². The van der Waals surface area contributed by atoms with Gasteiger partial charge in [-0.2, -0.15) is 0 Å². The number of benzene rings is 1. The van der Waals surface area contributed by atoms with Gasteiger partial charge in [0, 0.05) is 37.2 Å². The molecule has 1 aliphatic rings. The molecule has 0 fully saturated rings. The Kier molecular flexibility index (Phi) is 3.35. The summed E-state index contributed by atoms with van der Waals surface area (Å²) in [5.41, 5.74) is 4.28. The van der Waals surface area contributed by atoms with Crippen molar-refractivity contribution in [3.05, 3.63) is 51.7 Å². The van der Waals surface area contributed by atoms with E-state index in [1.165, 1.54) is 28.1 Å². The fourth-order valence-corrected chi connectivity index (χ4v) is 3.15. The van der Waals surface area contributed by atoms with E-state index >= 15 is 0 Å². The number of thiophene rings is 1. The van der Waals surface area contributed by atoms with Crippen LogP contribution in [0.1, 0.15) is 16.0 Å². The van der Waals surface area contributed by atoms with Crippen molar-refractivity contribution in [2.24, 2.45) is 0 Å². The Labute approximate surface area is 112 Å².